The Bertz CT molecular complexity index is 2720. The molecule has 354 valence electrons. The smallest absolute Gasteiger partial charge is 0.329 e. The molecule has 15 nitrogen and oxygen atoms in total. The van der Waals surface area contributed by atoms with Crippen LogP contribution in [0.4, 0.5) is 10.1 Å². The minimum atomic E-state index is -1.30. The van der Waals surface area contributed by atoms with Crippen molar-refractivity contribution in [3.63, 3.8) is 0 Å². The zero-order valence-electron chi connectivity index (χ0n) is 37.6. The summed E-state index contributed by atoms with van der Waals surface area (Å²) in [5.74, 6) is -2.81. The second-order valence-corrected chi connectivity index (χ2v) is 20.2. The number of hydrogen-bond acceptors (Lipinski definition) is 9. The number of carbonyl (C=O) groups excluding carboxylic acids is 5. The van der Waals surface area contributed by atoms with Crippen LogP contribution < -0.4 is 27.0 Å². The summed E-state index contributed by atoms with van der Waals surface area (Å²) in [5, 5.41) is 12.8. The largest absolute Gasteiger partial charge is 0.352 e. The van der Waals surface area contributed by atoms with Crippen LogP contribution in [0.5, 0.6) is 0 Å². The maximum Gasteiger partial charge on any atom is 0.329 e. The average molecular weight is 957 g/mol. The van der Waals surface area contributed by atoms with Gasteiger partial charge in [-0.25, -0.2) is 9.18 Å². The van der Waals surface area contributed by atoms with Crippen molar-refractivity contribution < 1.29 is 28.4 Å². The monoisotopic (exact) mass is 955 g/mol. The summed E-state index contributed by atoms with van der Waals surface area (Å²) in [6, 6.07) is 14.1. The highest BCUT2D eigenvalue weighted by Gasteiger charge is 2.72. The molecule has 4 N–H and O–H groups in total. The van der Waals surface area contributed by atoms with Gasteiger partial charge < -0.3 is 15.5 Å². The fraction of sp³-hybridized carbons (Fsp3) is 0.510. The number of fused-ring (bicyclic) bond motifs is 4. The number of imidazole rings is 1. The summed E-state index contributed by atoms with van der Waals surface area (Å²) in [4.78, 5) is 86.9. The number of benzene rings is 3. The lowest BCUT2D eigenvalue weighted by Gasteiger charge is -2.47. The van der Waals surface area contributed by atoms with Gasteiger partial charge in [0.05, 0.1) is 28.6 Å². The first-order chi connectivity index (χ1) is 32.3. The van der Waals surface area contributed by atoms with Crippen LogP contribution in [0.2, 0.25) is 10.0 Å². The Labute approximate surface area is 397 Å². The Kier molecular flexibility index (Phi) is 12.3. The van der Waals surface area contributed by atoms with Crippen LogP contribution in [0, 0.1) is 5.82 Å². The van der Waals surface area contributed by atoms with Crippen LogP contribution >= 0.6 is 23.2 Å². The molecule has 1 unspecified atom stereocenters. The van der Waals surface area contributed by atoms with Gasteiger partial charge in [-0.2, -0.15) is 0 Å². The number of piperazine rings is 1. The van der Waals surface area contributed by atoms with Crippen LogP contribution in [-0.2, 0) is 42.9 Å². The summed E-state index contributed by atoms with van der Waals surface area (Å²) in [6.07, 6.45) is 6.48. The van der Waals surface area contributed by atoms with Crippen molar-refractivity contribution in [2.24, 2.45) is 7.05 Å². The lowest BCUT2D eigenvalue weighted by Crippen LogP contribution is -2.60. The third-order valence-electron chi connectivity index (χ3n) is 15.7. The van der Waals surface area contributed by atoms with Gasteiger partial charge in [-0.15, -0.1) is 0 Å². The van der Waals surface area contributed by atoms with E-state index in [2.05, 4.69) is 31.1 Å². The minimum Gasteiger partial charge on any atom is -0.352 e. The molecule has 2 spiro atoms. The Morgan fingerprint density at radius 2 is 1.61 bits per heavy atom. The maximum atomic E-state index is 16.3. The molecule has 67 heavy (non-hydrogen) atoms. The van der Waals surface area contributed by atoms with Gasteiger partial charge in [0.25, 0.3) is 0 Å². The molecule has 1 aromatic heterocycles. The zero-order chi connectivity index (χ0) is 46.8. The zero-order valence-corrected chi connectivity index (χ0v) is 39.1. The van der Waals surface area contributed by atoms with Gasteiger partial charge in [-0.3, -0.25) is 53.5 Å². The Hall–Kier alpha value is -5.13. The van der Waals surface area contributed by atoms with Crippen molar-refractivity contribution in [3.05, 3.63) is 97.6 Å². The van der Waals surface area contributed by atoms with E-state index in [0.29, 0.717) is 80.2 Å². The normalized spacial score (nSPS) is 25.8. The summed E-state index contributed by atoms with van der Waals surface area (Å²) < 4.78 is 19.4. The Morgan fingerprint density at radius 3 is 2.36 bits per heavy atom. The molecule has 5 amide bonds. The number of rotatable bonds is 9. The quantitative estimate of drug-likeness (QED) is 0.178. The van der Waals surface area contributed by atoms with E-state index in [0.717, 1.165) is 56.4 Å². The minimum absolute atomic E-state index is 0.0709. The Morgan fingerprint density at radius 1 is 0.851 bits per heavy atom. The summed E-state index contributed by atoms with van der Waals surface area (Å²) in [6.45, 7) is 5.05. The first-order valence-corrected chi connectivity index (χ1v) is 24.4. The van der Waals surface area contributed by atoms with Crippen LogP contribution in [0.3, 0.4) is 0 Å². The molecule has 6 heterocycles. The standard InChI is InChI=1S/C49H56Cl2FN9O6/c1-57-38-26-29(8-11-36(38)61(47(57)67)37-12-13-39(62)55-44(37)64)14-19-58-22-24-60(25-23-58)40(63)28-59-20-15-31(16-21-59)53-45(65)43-41(32-6-5-7-34(51)42(32)52)49(48(56-43)17-3-2-4-18-48)33-10-9-30(50)27-35(33)54-46(49)66/h5-11,26-27,31,37,41,43,56H,2-4,12-25,28H2,1H3,(H,53,65)(H,54,66)(H,55,62,64)/t37?,41-,43+,49+/m0/s1. The third kappa shape index (κ3) is 7.95. The molecule has 1 saturated carbocycles. The lowest BCUT2D eigenvalue weighted by atomic mass is 9.55. The third-order valence-corrected chi connectivity index (χ3v) is 16.2. The fourth-order valence-corrected chi connectivity index (χ4v) is 12.7. The van der Waals surface area contributed by atoms with Crippen molar-refractivity contribution in [1.82, 2.24) is 39.8 Å². The molecule has 4 saturated heterocycles. The van der Waals surface area contributed by atoms with E-state index in [4.69, 9.17) is 23.2 Å². The fourth-order valence-electron chi connectivity index (χ4n) is 12.3. The molecule has 4 aromatic rings. The molecule has 0 bridgehead atoms. The van der Waals surface area contributed by atoms with E-state index in [9.17, 15) is 28.8 Å². The molecule has 18 heteroatoms. The maximum absolute atomic E-state index is 16.3. The summed E-state index contributed by atoms with van der Waals surface area (Å²) in [5.41, 5.74) is 1.55. The van der Waals surface area contributed by atoms with E-state index in [-0.39, 0.29) is 58.8 Å². The number of aryl methyl sites for hydroxylation is 1. The number of hydrogen-bond donors (Lipinski definition) is 4. The number of nitrogens with zero attached hydrogens (tertiary/aromatic N) is 5. The number of carbonyl (C=O) groups is 5. The highest BCUT2D eigenvalue weighted by Crippen LogP contribution is 2.62. The summed E-state index contributed by atoms with van der Waals surface area (Å²) in [7, 11) is 1.69. The van der Waals surface area contributed by atoms with Crippen LogP contribution in [0.1, 0.15) is 86.4 Å². The second-order valence-electron chi connectivity index (χ2n) is 19.4. The van der Waals surface area contributed by atoms with Gasteiger partial charge in [-0.1, -0.05) is 66.7 Å². The van der Waals surface area contributed by atoms with Gasteiger partial charge in [0.15, 0.2) is 0 Å². The number of piperidine rings is 2. The van der Waals surface area contributed by atoms with E-state index in [1.807, 2.05) is 29.2 Å². The van der Waals surface area contributed by atoms with Crippen molar-refractivity contribution in [1.29, 1.82) is 0 Å². The molecule has 5 fully saturated rings. The lowest BCUT2D eigenvalue weighted by molar-refractivity contribution is -0.136. The molecule has 6 aliphatic rings. The summed E-state index contributed by atoms with van der Waals surface area (Å²) >= 11 is 12.8. The van der Waals surface area contributed by atoms with Gasteiger partial charge in [0.2, 0.25) is 29.5 Å². The van der Waals surface area contributed by atoms with Crippen molar-refractivity contribution in [3.8, 4) is 0 Å². The number of aromatic nitrogens is 2. The van der Waals surface area contributed by atoms with Gasteiger partial charge >= 0.3 is 5.69 Å². The van der Waals surface area contributed by atoms with Crippen molar-refractivity contribution in [2.75, 3.05) is 57.7 Å². The second kappa shape index (κ2) is 18.1. The molecular formula is C49H56Cl2FN9O6. The average Bonchev–Trinajstić information content (AvgIpc) is 3.87. The van der Waals surface area contributed by atoms with Crippen LogP contribution in [0.25, 0.3) is 11.0 Å². The number of imide groups is 1. The molecule has 0 radical (unpaired) electrons. The highest BCUT2D eigenvalue weighted by atomic mass is 35.5. The molecule has 4 atom stereocenters. The van der Waals surface area contributed by atoms with Gasteiger partial charge in [-0.05, 0) is 85.5 Å². The van der Waals surface area contributed by atoms with Gasteiger partial charge in [0.1, 0.15) is 17.3 Å². The molecule has 1 aliphatic carbocycles. The highest BCUT2D eigenvalue weighted by molar-refractivity contribution is 6.31. The van der Waals surface area contributed by atoms with E-state index in [1.165, 1.54) is 10.6 Å². The van der Waals surface area contributed by atoms with Crippen molar-refractivity contribution in [2.45, 2.75) is 99.2 Å². The first-order valence-electron chi connectivity index (χ1n) is 23.7. The van der Waals surface area contributed by atoms with E-state index in [1.54, 1.807) is 35.9 Å². The van der Waals surface area contributed by atoms with Crippen LogP contribution in [0.15, 0.2) is 59.4 Å². The van der Waals surface area contributed by atoms with Gasteiger partial charge in [0, 0.05) is 87.5 Å². The SMILES string of the molecule is Cn1c(=O)n(C2CCC(=O)NC2=O)c2ccc(CCN3CCN(C(=O)CN4CCC(NC(=O)[C@@H]5NC6(CCCCC6)[C@@]6(C(=O)Nc7cc(Cl)ccc76)[C@H]5c5cccc(Cl)c5F)CC4)CC3)cc21. The number of anilines is 1. The number of amides is 5. The van der Waals surface area contributed by atoms with Crippen molar-refractivity contribution >= 4 is 69.5 Å². The molecular weight excluding hydrogens is 900 g/mol. The number of likely N-dealkylation sites (tertiary alicyclic amines) is 1. The molecule has 3 aromatic carbocycles. The molecule has 10 rings (SSSR count). The predicted molar refractivity (Wildman–Crippen MR) is 252 cm³/mol. The Balaban J connectivity index is 0.747. The van der Waals surface area contributed by atoms with Crippen LogP contribution in [-0.4, -0.2) is 123 Å². The topological polar surface area (TPSA) is 170 Å². The number of nitrogens with one attached hydrogen (secondary N) is 4. The molecule has 5 aliphatic heterocycles. The first kappa shape index (κ1) is 45.6. The van der Waals surface area contributed by atoms with E-state index < -0.39 is 40.7 Å². The predicted octanol–water partition coefficient (Wildman–Crippen LogP) is 4.38. The number of halogens is 3. The van der Waals surface area contributed by atoms with E-state index >= 15 is 4.39 Å².